The maximum atomic E-state index is 13.2. The molecule has 0 aliphatic rings. The van der Waals surface area contributed by atoms with Crippen LogP contribution < -0.4 is 5.32 Å². The Morgan fingerprint density at radius 3 is 2.67 bits per heavy atom. The first-order valence-electron chi connectivity index (χ1n) is 5.59. The number of halogens is 1. The minimum Gasteiger partial charge on any atom is -0.480 e. The average Bonchev–Trinajstić information content (AvgIpc) is 2.27. The Morgan fingerprint density at radius 2 is 2.17 bits per heavy atom. The van der Waals surface area contributed by atoms with Crippen molar-refractivity contribution in [2.45, 2.75) is 26.4 Å². The van der Waals surface area contributed by atoms with E-state index >= 15 is 0 Å². The summed E-state index contributed by atoms with van der Waals surface area (Å²) in [6, 6.07) is 5.12. The minimum atomic E-state index is -0.943. The quantitative estimate of drug-likeness (QED) is 0.837. The standard InChI is InChI=1S/C13H15FN2O2/c1-8(2)12(13(17)18)16-7-10-3-9(6-15)4-11(14)5-10/h3-5,8,12,16H,7H2,1-2H3,(H,17,18). The van der Waals surface area contributed by atoms with Crippen LogP contribution >= 0.6 is 0 Å². The van der Waals surface area contributed by atoms with Crippen molar-refractivity contribution in [1.29, 1.82) is 5.26 Å². The highest BCUT2D eigenvalue weighted by Crippen LogP contribution is 2.10. The molecule has 4 nitrogen and oxygen atoms in total. The van der Waals surface area contributed by atoms with Gasteiger partial charge in [-0.05, 0) is 29.7 Å². The van der Waals surface area contributed by atoms with Crippen molar-refractivity contribution in [1.82, 2.24) is 5.32 Å². The monoisotopic (exact) mass is 250 g/mol. The number of hydrogen-bond donors (Lipinski definition) is 2. The van der Waals surface area contributed by atoms with E-state index in [1.807, 2.05) is 6.07 Å². The van der Waals surface area contributed by atoms with Crippen LogP contribution in [0, 0.1) is 23.1 Å². The fourth-order valence-corrected chi connectivity index (χ4v) is 1.65. The Bertz CT molecular complexity index is 480. The van der Waals surface area contributed by atoms with E-state index in [4.69, 9.17) is 10.4 Å². The van der Waals surface area contributed by atoms with Gasteiger partial charge in [0.1, 0.15) is 11.9 Å². The zero-order valence-electron chi connectivity index (χ0n) is 10.3. The van der Waals surface area contributed by atoms with Crippen molar-refractivity contribution in [2.24, 2.45) is 5.92 Å². The Morgan fingerprint density at radius 1 is 1.50 bits per heavy atom. The number of nitrogens with zero attached hydrogens (tertiary/aromatic N) is 1. The average molecular weight is 250 g/mol. The highest BCUT2D eigenvalue weighted by molar-refractivity contribution is 5.73. The van der Waals surface area contributed by atoms with E-state index in [9.17, 15) is 9.18 Å². The summed E-state index contributed by atoms with van der Waals surface area (Å²) in [6.45, 7) is 3.79. The van der Waals surface area contributed by atoms with Gasteiger partial charge in [0, 0.05) is 6.54 Å². The van der Waals surface area contributed by atoms with Crippen LogP contribution in [0.3, 0.4) is 0 Å². The molecule has 0 aromatic heterocycles. The van der Waals surface area contributed by atoms with Gasteiger partial charge in [0.15, 0.2) is 0 Å². The molecule has 0 radical (unpaired) electrons. The van der Waals surface area contributed by atoms with Crippen molar-refractivity contribution in [3.8, 4) is 6.07 Å². The summed E-state index contributed by atoms with van der Waals surface area (Å²) in [5.41, 5.74) is 0.779. The predicted molar refractivity (Wildman–Crippen MR) is 64.2 cm³/mol. The normalized spacial score (nSPS) is 12.2. The number of nitrogens with one attached hydrogen (secondary N) is 1. The fourth-order valence-electron chi connectivity index (χ4n) is 1.65. The Hall–Kier alpha value is -1.93. The van der Waals surface area contributed by atoms with Crippen LogP contribution in [0.1, 0.15) is 25.0 Å². The summed E-state index contributed by atoms with van der Waals surface area (Å²) in [5.74, 6) is -1.52. The predicted octanol–water partition coefficient (Wildman–Crippen LogP) is 1.90. The molecule has 18 heavy (non-hydrogen) atoms. The second kappa shape index (κ2) is 6.12. The summed E-state index contributed by atoms with van der Waals surface area (Å²) >= 11 is 0. The van der Waals surface area contributed by atoms with E-state index in [-0.39, 0.29) is 18.0 Å². The molecule has 1 rings (SSSR count). The van der Waals surface area contributed by atoms with Gasteiger partial charge in [-0.3, -0.25) is 4.79 Å². The molecule has 96 valence electrons. The van der Waals surface area contributed by atoms with Gasteiger partial charge in [-0.25, -0.2) is 4.39 Å². The fraction of sp³-hybridized carbons (Fsp3) is 0.385. The molecule has 2 N–H and O–H groups in total. The third-order valence-corrected chi connectivity index (χ3v) is 2.55. The first-order valence-corrected chi connectivity index (χ1v) is 5.59. The first kappa shape index (κ1) is 14.1. The SMILES string of the molecule is CC(C)C(NCc1cc(F)cc(C#N)c1)C(=O)O. The highest BCUT2D eigenvalue weighted by atomic mass is 19.1. The zero-order chi connectivity index (χ0) is 13.7. The lowest BCUT2D eigenvalue weighted by Gasteiger charge is -2.17. The van der Waals surface area contributed by atoms with E-state index in [1.165, 1.54) is 12.1 Å². The van der Waals surface area contributed by atoms with Crippen molar-refractivity contribution in [3.05, 3.63) is 35.1 Å². The summed E-state index contributed by atoms with van der Waals surface area (Å²) in [7, 11) is 0. The van der Waals surface area contributed by atoms with Crippen LogP contribution in [0.25, 0.3) is 0 Å². The molecule has 1 unspecified atom stereocenters. The second-order valence-electron chi connectivity index (χ2n) is 4.40. The highest BCUT2D eigenvalue weighted by Gasteiger charge is 2.20. The zero-order valence-corrected chi connectivity index (χ0v) is 10.3. The molecule has 1 aromatic carbocycles. The molecule has 0 heterocycles. The molecular weight excluding hydrogens is 235 g/mol. The minimum absolute atomic E-state index is 0.0773. The van der Waals surface area contributed by atoms with Crippen LogP contribution in [0.2, 0.25) is 0 Å². The van der Waals surface area contributed by atoms with E-state index in [0.717, 1.165) is 6.07 Å². The number of carboxylic acid groups (broad SMARTS) is 1. The summed E-state index contributed by atoms with van der Waals surface area (Å²) in [6.07, 6.45) is 0. The number of carboxylic acids is 1. The maximum Gasteiger partial charge on any atom is 0.320 e. The number of aliphatic carboxylic acids is 1. The lowest BCUT2D eigenvalue weighted by molar-refractivity contribution is -0.140. The number of rotatable bonds is 5. The smallest absolute Gasteiger partial charge is 0.320 e. The largest absolute Gasteiger partial charge is 0.480 e. The molecule has 0 saturated heterocycles. The van der Waals surface area contributed by atoms with Crippen LogP contribution in [0.4, 0.5) is 4.39 Å². The Kier molecular flexibility index (Phi) is 4.81. The van der Waals surface area contributed by atoms with Gasteiger partial charge in [-0.1, -0.05) is 13.8 Å². The maximum absolute atomic E-state index is 13.2. The molecule has 0 aliphatic carbocycles. The van der Waals surface area contributed by atoms with Gasteiger partial charge in [0.2, 0.25) is 0 Å². The third-order valence-electron chi connectivity index (χ3n) is 2.55. The molecule has 0 fully saturated rings. The molecule has 0 aliphatic heterocycles. The van der Waals surface area contributed by atoms with E-state index in [2.05, 4.69) is 5.32 Å². The van der Waals surface area contributed by atoms with Crippen LogP contribution in [-0.4, -0.2) is 17.1 Å². The molecule has 1 aromatic rings. The van der Waals surface area contributed by atoms with Gasteiger partial charge in [0.25, 0.3) is 0 Å². The van der Waals surface area contributed by atoms with Crippen molar-refractivity contribution >= 4 is 5.97 Å². The summed E-state index contributed by atoms with van der Waals surface area (Å²) in [4.78, 5) is 11.0. The molecule has 0 amide bonds. The number of nitriles is 1. The summed E-state index contributed by atoms with van der Waals surface area (Å²) in [5, 5.41) is 20.5. The lowest BCUT2D eigenvalue weighted by atomic mass is 10.0. The van der Waals surface area contributed by atoms with Gasteiger partial charge in [0.05, 0.1) is 11.6 Å². The van der Waals surface area contributed by atoms with Gasteiger partial charge in [-0.15, -0.1) is 0 Å². The van der Waals surface area contributed by atoms with E-state index in [1.54, 1.807) is 13.8 Å². The Balaban J connectivity index is 2.77. The molecule has 1 atom stereocenters. The van der Waals surface area contributed by atoms with E-state index < -0.39 is 17.8 Å². The molecule has 0 bridgehead atoms. The van der Waals surface area contributed by atoms with Gasteiger partial charge >= 0.3 is 5.97 Å². The topological polar surface area (TPSA) is 73.1 Å². The first-order chi connectivity index (χ1) is 8.43. The van der Waals surface area contributed by atoms with Gasteiger partial charge in [-0.2, -0.15) is 5.26 Å². The lowest BCUT2D eigenvalue weighted by Crippen LogP contribution is -2.40. The van der Waals surface area contributed by atoms with E-state index in [0.29, 0.717) is 5.56 Å². The van der Waals surface area contributed by atoms with Crippen molar-refractivity contribution in [2.75, 3.05) is 0 Å². The van der Waals surface area contributed by atoms with Crippen LogP contribution in [0.5, 0.6) is 0 Å². The van der Waals surface area contributed by atoms with Gasteiger partial charge < -0.3 is 10.4 Å². The third kappa shape index (κ3) is 3.82. The second-order valence-corrected chi connectivity index (χ2v) is 4.40. The van der Waals surface area contributed by atoms with Crippen LogP contribution in [-0.2, 0) is 11.3 Å². The molecule has 5 heteroatoms. The van der Waals surface area contributed by atoms with Crippen LogP contribution in [0.15, 0.2) is 18.2 Å². The number of benzene rings is 1. The summed E-state index contributed by atoms with van der Waals surface area (Å²) < 4.78 is 13.2. The van der Waals surface area contributed by atoms with Crippen molar-refractivity contribution in [3.63, 3.8) is 0 Å². The van der Waals surface area contributed by atoms with Crippen molar-refractivity contribution < 1.29 is 14.3 Å². The molecule has 0 spiro atoms. The molecular formula is C13H15FN2O2. The Labute approximate surface area is 105 Å². The number of hydrogen-bond acceptors (Lipinski definition) is 3. The number of carbonyl (C=O) groups is 1. The molecule has 0 saturated carbocycles.